The lowest BCUT2D eigenvalue weighted by atomic mass is 10.1. The van der Waals surface area contributed by atoms with Crippen molar-refractivity contribution in [2.45, 2.75) is 26.6 Å². The summed E-state index contributed by atoms with van der Waals surface area (Å²) in [5, 5.41) is 0. The molecule has 0 saturated carbocycles. The Bertz CT molecular complexity index is 1590. The Balaban J connectivity index is 1.64. The monoisotopic (exact) mass is 538 g/mol. The maximum absolute atomic E-state index is 12.9. The van der Waals surface area contributed by atoms with E-state index < -0.39 is 11.9 Å². The van der Waals surface area contributed by atoms with Crippen molar-refractivity contribution in [1.82, 2.24) is 29.4 Å². The molecule has 0 aliphatic carbocycles. The predicted octanol–water partition coefficient (Wildman–Crippen LogP) is 4.34. The number of aromatic amines is 1. The summed E-state index contributed by atoms with van der Waals surface area (Å²) in [5.41, 5.74) is 7.38. The average Bonchev–Trinajstić information content (AvgIpc) is 3.22. The SMILES string of the molecule is C/C=C(/c1ccc(Cn2c(=O)[nH]c3cnc(-c4cccnc4N(C)CC)nc32)cc1)N(C)/C=C(\N)C(F)(F)F. The first kappa shape index (κ1) is 27.4. The van der Waals surface area contributed by atoms with E-state index in [0.29, 0.717) is 28.2 Å². The molecule has 0 fully saturated rings. The lowest BCUT2D eigenvalue weighted by Gasteiger charge is -2.20. The highest BCUT2D eigenvalue weighted by Crippen LogP contribution is 2.27. The van der Waals surface area contributed by atoms with Gasteiger partial charge in [-0.3, -0.25) is 4.57 Å². The number of aromatic nitrogens is 5. The van der Waals surface area contributed by atoms with Crippen LogP contribution in [-0.2, 0) is 6.54 Å². The highest BCUT2D eigenvalue weighted by molar-refractivity contribution is 5.76. The summed E-state index contributed by atoms with van der Waals surface area (Å²) in [6.45, 7) is 4.72. The van der Waals surface area contributed by atoms with E-state index in [2.05, 4.69) is 15.0 Å². The van der Waals surface area contributed by atoms with E-state index >= 15 is 0 Å². The van der Waals surface area contributed by atoms with E-state index in [4.69, 9.17) is 10.7 Å². The molecule has 39 heavy (non-hydrogen) atoms. The first-order valence-corrected chi connectivity index (χ1v) is 12.2. The first-order valence-electron chi connectivity index (χ1n) is 12.2. The van der Waals surface area contributed by atoms with Gasteiger partial charge in [-0.25, -0.2) is 19.7 Å². The van der Waals surface area contributed by atoms with E-state index in [0.717, 1.165) is 29.7 Å². The fourth-order valence-corrected chi connectivity index (χ4v) is 4.14. The number of nitrogens with two attached hydrogens (primary N) is 1. The minimum Gasteiger partial charge on any atom is -0.394 e. The molecule has 0 aliphatic rings. The van der Waals surface area contributed by atoms with Crippen molar-refractivity contribution in [3.05, 3.63) is 88.4 Å². The van der Waals surface area contributed by atoms with Gasteiger partial charge < -0.3 is 20.5 Å². The van der Waals surface area contributed by atoms with Crippen molar-refractivity contribution in [2.24, 2.45) is 5.73 Å². The number of allylic oxidation sites excluding steroid dienone is 2. The highest BCUT2D eigenvalue weighted by Gasteiger charge is 2.32. The molecule has 0 amide bonds. The third kappa shape index (κ3) is 5.79. The molecule has 0 unspecified atom stereocenters. The van der Waals surface area contributed by atoms with Gasteiger partial charge in [0.1, 0.15) is 17.0 Å². The summed E-state index contributed by atoms with van der Waals surface area (Å²) >= 11 is 0. The quantitative estimate of drug-likeness (QED) is 0.344. The van der Waals surface area contributed by atoms with E-state index in [9.17, 15) is 18.0 Å². The molecule has 4 aromatic rings. The number of nitrogens with zero attached hydrogens (tertiary/aromatic N) is 6. The molecule has 0 atom stereocenters. The molecule has 3 N–H and O–H groups in total. The van der Waals surface area contributed by atoms with Gasteiger partial charge in [-0.1, -0.05) is 30.3 Å². The first-order chi connectivity index (χ1) is 18.5. The number of hydrogen-bond donors (Lipinski definition) is 2. The van der Waals surface area contributed by atoms with Crippen LogP contribution >= 0.6 is 0 Å². The van der Waals surface area contributed by atoms with Crippen molar-refractivity contribution in [1.29, 1.82) is 0 Å². The van der Waals surface area contributed by atoms with Crippen LogP contribution in [0.2, 0.25) is 0 Å². The average molecular weight is 539 g/mol. The van der Waals surface area contributed by atoms with Crippen molar-refractivity contribution < 1.29 is 13.2 Å². The molecule has 9 nitrogen and oxygen atoms in total. The van der Waals surface area contributed by atoms with Crippen molar-refractivity contribution in [2.75, 3.05) is 25.5 Å². The highest BCUT2D eigenvalue weighted by atomic mass is 19.4. The summed E-state index contributed by atoms with van der Waals surface area (Å²) in [6.07, 6.45) is 1.21. The molecular formula is C27H29F3N8O. The second-order valence-electron chi connectivity index (χ2n) is 8.90. The Morgan fingerprint density at radius 1 is 1.15 bits per heavy atom. The van der Waals surface area contributed by atoms with Crippen molar-refractivity contribution in [3.63, 3.8) is 0 Å². The summed E-state index contributed by atoms with van der Waals surface area (Å²) in [7, 11) is 3.43. The lowest BCUT2D eigenvalue weighted by Crippen LogP contribution is -2.23. The van der Waals surface area contributed by atoms with Crippen LogP contribution in [0, 0.1) is 0 Å². The Labute approximate surface area is 223 Å². The van der Waals surface area contributed by atoms with Crippen LogP contribution in [0.4, 0.5) is 19.0 Å². The molecule has 12 heteroatoms. The molecule has 3 aromatic heterocycles. The Kier molecular flexibility index (Phi) is 7.75. The Morgan fingerprint density at radius 3 is 2.51 bits per heavy atom. The van der Waals surface area contributed by atoms with Gasteiger partial charge in [-0.2, -0.15) is 13.2 Å². The van der Waals surface area contributed by atoms with Gasteiger partial charge in [-0.05, 0) is 37.1 Å². The number of rotatable bonds is 8. The molecule has 3 heterocycles. The van der Waals surface area contributed by atoms with Gasteiger partial charge in [0.05, 0.1) is 18.3 Å². The summed E-state index contributed by atoms with van der Waals surface area (Å²) < 4.78 is 40.1. The van der Waals surface area contributed by atoms with Gasteiger partial charge in [0.25, 0.3) is 0 Å². The zero-order valence-electron chi connectivity index (χ0n) is 22.0. The fraction of sp³-hybridized carbons (Fsp3) is 0.259. The van der Waals surface area contributed by atoms with Gasteiger partial charge in [-0.15, -0.1) is 0 Å². The minimum atomic E-state index is -4.61. The molecule has 1 aromatic carbocycles. The largest absolute Gasteiger partial charge is 0.432 e. The van der Waals surface area contributed by atoms with Crippen LogP contribution in [0.25, 0.3) is 28.2 Å². The maximum atomic E-state index is 12.9. The maximum Gasteiger partial charge on any atom is 0.432 e. The minimum absolute atomic E-state index is 0.228. The second-order valence-corrected chi connectivity index (χ2v) is 8.90. The molecular weight excluding hydrogens is 509 g/mol. The number of alkyl halides is 3. The van der Waals surface area contributed by atoms with Crippen LogP contribution in [0.1, 0.15) is 25.0 Å². The van der Waals surface area contributed by atoms with Crippen LogP contribution in [0.15, 0.2) is 71.6 Å². The van der Waals surface area contributed by atoms with E-state index in [1.165, 1.54) is 16.5 Å². The molecule has 0 radical (unpaired) electrons. The van der Waals surface area contributed by atoms with Gasteiger partial charge in [0.15, 0.2) is 11.5 Å². The molecule has 4 rings (SSSR count). The molecule has 0 spiro atoms. The van der Waals surface area contributed by atoms with Crippen LogP contribution < -0.4 is 16.3 Å². The summed E-state index contributed by atoms with van der Waals surface area (Å²) in [4.78, 5) is 32.5. The molecule has 204 valence electrons. The third-order valence-electron chi connectivity index (χ3n) is 6.28. The number of hydrogen-bond acceptors (Lipinski definition) is 7. The van der Waals surface area contributed by atoms with Crippen LogP contribution in [0.3, 0.4) is 0 Å². The zero-order chi connectivity index (χ0) is 28.3. The zero-order valence-corrected chi connectivity index (χ0v) is 22.0. The third-order valence-corrected chi connectivity index (χ3v) is 6.28. The van der Waals surface area contributed by atoms with Gasteiger partial charge >= 0.3 is 11.9 Å². The number of anilines is 1. The number of pyridine rings is 1. The number of nitrogens with one attached hydrogen (secondary N) is 1. The normalized spacial score (nSPS) is 12.7. The van der Waals surface area contributed by atoms with Crippen molar-refractivity contribution >= 4 is 22.7 Å². The van der Waals surface area contributed by atoms with E-state index in [1.54, 1.807) is 37.5 Å². The number of fused-ring (bicyclic) bond motifs is 1. The van der Waals surface area contributed by atoms with Crippen LogP contribution in [-0.4, -0.2) is 56.2 Å². The van der Waals surface area contributed by atoms with Crippen LogP contribution in [0.5, 0.6) is 0 Å². The van der Waals surface area contributed by atoms with E-state index in [1.807, 2.05) is 43.1 Å². The lowest BCUT2D eigenvalue weighted by molar-refractivity contribution is -0.0934. The number of halogens is 3. The molecule has 0 bridgehead atoms. The second kappa shape index (κ2) is 11.0. The molecule has 0 saturated heterocycles. The standard InChI is InChI=1S/C27H29F3N8O/c1-5-21(37(4)16-22(31)27(28,29)30)18-11-9-17(10-12-18)15-38-25-20(34-26(38)39)14-33-23(35-25)19-8-7-13-32-24(19)36(3)6-2/h5,7-14,16H,6,15,31H2,1-4H3,(H,34,39)/b21-5-,22-16-. The van der Waals surface area contributed by atoms with E-state index in [-0.39, 0.29) is 12.2 Å². The predicted molar refractivity (Wildman–Crippen MR) is 146 cm³/mol. The number of imidazole rings is 1. The Hall–Kier alpha value is -4.61. The van der Waals surface area contributed by atoms with Crippen molar-refractivity contribution in [3.8, 4) is 11.4 Å². The fourth-order valence-electron chi connectivity index (χ4n) is 4.14. The topological polar surface area (TPSA) is 109 Å². The Morgan fingerprint density at radius 2 is 1.87 bits per heavy atom. The van der Waals surface area contributed by atoms with Gasteiger partial charge in [0, 0.05) is 38.7 Å². The molecule has 0 aliphatic heterocycles. The smallest absolute Gasteiger partial charge is 0.394 e. The summed E-state index contributed by atoms with van der Waals surface area (Å²) in [6, 6.07) is 10.9. The summed E-state index contributed by atoms with van der Waals surface area (Å²) in [5.74, 6) is 1.18. The number of benzene rings is 1. The number of H-pyrrole nitrogens is 1. The van der Waals surface area contributed by atoms with Gasteiger partial charge in [0.2, 0.25) is 0 Å².